The highest BCUT2D eigenvalue weighted by Crippen LogP contribution is 2.15. The average Bonchev–Trinajstić information content (AvgIpc) is 2.39. The topological polar surface area (TPSA) is 21.3 Å². The van der Waals surface area contributed by atoms with Crippen molar-refractivity contribution < 1.29 is 13.5 Å². The Morgan fingerprint density at radius 3 is 2.42 bits per heavy atom. The number of hydrogen-bond acceptors (Lipinski definition) is 2. The van der Waals surface area contributed by atoms with E-state index in [-0.39, 0.29) is 11.6 Å². The van der Waals surface area contributed by atoms with E-state index in [1.165, 1.54) is 18.2 Å². The predicted octanol–water partition coefficient (Wildman–Crippen LogP) is 3.30. The van der Waals surface area contributed by atoms with Crippen LogP contribution in [0.2, 0.25) is 0 Å². The second-order valence-corrected chi connectivity index (χ2v) is 4.56. The number of hydrogen-bond donors (Lipinski definition) is 1. The number of nitrogens with one attached hydrogen (secondary N) is 1. The molecule has 0 amide bonds. The molecule has 0 fully saturated rings. The van der Waals surface area contributed by atoms with E-state index in [1.807, 2.05) is 6.92 Å². The molecule has 1 rings (SSSR count). The zero-order valence-corrected chi connectivity index (χ0v) is 11.7. The molecule has 0 aliphatic carbocycles. The van der Waals surface area contributed by atoms with Gasteiger partial charge in [-0.05, 0) is 37.9 Å². The first-order valence-corrected chi connectivity index (χ1v) is 6.93. The Labute approximate surface area is 114 Å². The van der Waals surface area contributed by atoms with Crippen LogP contribution in [-0.4, -0.2) is 25.8 Å². The number of ether oxygens (including phenoxy) is 1. The maximum Gasteiger partial charge on any atom is 0.129 e. The van der Waals surface area contributed by atoms with E-state index in [4.69, 9.17) is 4.74 Å². The van der Waals surface area contributed by atoms with Crippen LogP contribution in [0.25, 0.3) is 0 Å². The second kappa shape index (κ2) is 8.99. The van der Waals surface area contributed by atoms with Gasteiger partial charge in [0.25, 0.3) is 0 Å². The molecule has 0 saturated heterocycles. The molecule has 4 heteroatoms. The lowest BCUT2D eigenvalue weighted by Gasteiger charge is -2.18. The Kier molecular flexibility index (Phi) is 7.60. The maximum atomic E-state index is 13.6. The van der Waals surface area contributed by atoms with Gasteiger partial charge in [-0.15, -0.1) is 0 Å². The molecule has 1 aromatic rings. The molecule has 0 bridgehead atoms. The first kappa shape index (κ1) is 16.1. The minimum absolute atomic E-state index is 0.0354. The lowest BCUT2D eigenvalue weighted by Crippen LogP contribution is -2.32. The van der Waals surface area contributed by atoms with Crippen molar-refractivity contribution in [3.8, 4) is 0 Å². The molecule has 108 valence electrons. The van der Waals surface area contributed by atoms with Gasteiger partial charge < -0.3 is 10.1 Å². The highest BCUT2D eigenvalue weighted by molar-refractivity contribution is 5.20. The second-order valence-electron chi connectivity index (χ2n) is 4.56. The molecule has 2 nitrogen and oxygen atoms in total. The van der Waals surface area contributed by atoms with Crippen molar-refractivity contribution in [2.75, 3.05) is 19.8 Å². The van der Waals surface area contributed by atoms with Gasteiger partial charge in [0.1, 0.15) is 11.6 Å². The molecule has 0 aliphatic heterocycles. The summed E-state index contributed by atoms with van der Waals surface area (Å²) in [6.45, 7) is 6.15. The van der Waals surface area contributed by atoms with E-state index in [0.29, 0.717) is 13.0 Å². The Balaban J connectivity index is 2.57. The van der Waals surface area contributed by atoms with E-state index in [9.17, 15) is 8.78 Å². The molecular weight excluding hydrogens is 248 g/mol. The van der Waals surface area contributed by atoms with Crippen LogP contribution >= 0.6 is 0 Å². The lowest BCUT2D eigenvalue weighted by molar-refractivity contribution is 0.124. The quantitative estimate of drug-likeness (QED) is 0.696. The highest BCUT2D eigenvalue weighted by atomic mass is 19.1. The van der Waals surface area contributed by atoms with Gasteiger partial charge in [-0.25, -0.2) is 8.78 Å². The fraction of sp³-hybridized carbons (Fsp3) is 0.600. The van der Waals surface area contributed by atoms with Crippen molar-refractivity contribution >= 4 is 0 Å². The molecule has 1 unspecified atom stereocenters. The third-order valence-electron chi connectivity index (χ3n) is 2.96. The average molecular weight is 271 g/mol. The van der Waals surface area contributed by atoms with Gasteiger partial charge in [-0.1, -0.05) is 19.9 Å². The number of rotatable bonds is 9. The van der Waals surface area contributed by atoms with Crippen molar-refractivity contribution in [3.05, 3.63) is 35.4 Å². The first-order valence-electron chi connectivity index (χ1n) is 6.93. The van der Waals surface area contributed by atoms with Crippen LogP contribution in [0, 0.1) is 11.6 Å². The van der Waals surface area contributed by atoms with Crippen molar-refractivity contribution in [1.29, 1.82) is 0 Å². The van der Waals surface area contributed by atoms with Crippen molar-refractivity contribution in [3.63, 3.8) is 0 Å². The number of likely N-dealkylation sites (N-methyl/N-ethyl adjacent to an activating group) is 1. The van der Waals surface area contributed by atoms with Gasteiger partial charge >= 0.3 is 0 Å². The van der Waals surface area contributed by atoms with Gasteiger partial charge in [-0.2, -0.15) is 0 Å². The van der Waals surface area contributed by atoms with Crippen LogP contribution in [-0.2, 0) is 11.2 Å². The molecule has 0 radical (unpaired) electrons. The molecule has 0 aromatic heterocycles. The van der Waals surface area contributed by atoms with Crippen LogP contribution in [0.1, 0.15) is 32.3 Å². The van der Waals surface area contributed by atoms with Gasteiger partial charge in [0.15, 0.2) is 0 Å². The third-order valence-corrected chi connectivity index (χ3v) is 2.96. The Hall–Kier alpha value is -1.00. The molecule has 0 heterocycles. The molecule has 1 atom stereocenters. The van der Waals surface area contributed by atoms with E-state index < -0.39 is 11.6 Å². The van der Waals surface area contributed by atoms with Gasteiger partial charge in [0, 0.05) is 24.8 Å². The molecule has 0 saturated carbocycles. The summed E-state index contributed by atoms with van der Waals surface area (Å²) < 4.78 is 32.6. The fourth-order valence-electron chi connectivity index (χ4n) is 2.01. The van der Waals surface area contributed by atoms with Crippen LogP contribution in [0.5, 0.6) is 0 Å². The van der Waals surface area contributed by atoms with Crippen molar-refractivity contribution in [1.82, 2.24) is 5.32 Å². The van der Waals surface area contributed by atoms with E-state index >= 15 is 0 Å². The van der Waals surface area contributed by atoms with E-state index in [0.717, 1.165) is 26.0 Å². The van der Waals surface area contributed by atoms with Gasteiger partial charge in [0.2, 0.25) is 0 Å². The molecule has 1 aromatic carbocycles. The highest BCUT2D eigenvalue weighted by Gasteiger charge is 2.15. The fourth-order valence-corrected chi connectivity index (χ4v) is 2.01. The Morgan fingerprint density at radius 1 is 1.16 bits per heavy atom. The molecular formula is C15H23F2NO. The predicted molar refractivity (Wildman–Crippen MR) is 73.3 cm³/mol. The summed E-state index contributed by atoms with van der Waals surface area (Å²) in [6, 6.07) is 4.03. The van der Waals surface area contributed by atoms with E-state index in [1.54, 1.807) is 0 Å². The standard InChI is InChI=1S/C15H23F2NO/c1-3-9-19-10-8-12(18-4-2)11-13-14(16)6-5-7-15(13)17/h5-7,12,18H,3-4,8-11H2,1-2H3. The minimum atomic E-state index is -0.475. The Morgan fingerprint density at radius 2 is 1.84 bits per heavy atom. The smallest absolute Gasteiger partial charge is 0.129 e. The molecule has 1 N–H and O–H groups in total. The zero-order chi connectivity index (χ0) is 14.1. The number of benzene rings is 1. The molecule has 0 spiro atoms. The summed E-state index contributed by atoms with van der Waals surface area (Å²) in [5.41, 5.74) is 0.156. The summed E-state index contributed by atoms with van der Waals surface area (Å²) in [5.74, 6) is -0.949. The summed E-state index contributed by atoms with van der Waals surface area (Å²) >= 11 is 0. The summed E-state index contributed by atoms with van der Waals surface area (Å²) in [5, 5.41) is 3.25. The van der Waals surface area contributed by atoms with Crippen LogP contribution in [0.3, 0.4) is 0 Å². The summed E-state index contributed by atoms with van der Waals surface area (Å²) in [4.78, 5) is 0. The third kappa shape index (κ3) is 5.66. The lowest BCUT2D eigenvalue weighted by atomic mass is 10.0. The largest absolute Gasteiger partial charge is 0.381 e. The van der Waals surface area contributed by atoms with Crippen LogP contribution in [0.15, 0.2) is 18.2 Å². The van der Waals surface area contributed by atoms with Crippen molar-refractivity contribution in [2.45, 2.75) is 39.2 Å². The minimum Gasteiger partial charge on any atom is -0.381 e. The Bertz CT molecular complexity index is 351. The summed E-state index contributed by atoms with van der Waals surface area (Å²) in [7, 11) is 0. The van der Waals surface area contributed by atoms with Crippen LogP contribution in [0.4, 0.5) is 8.78 Å². The normalized spacial score (nSPS) is 12.6. The van der Waals surface area contributed by atoms with Crippen molar-refractivity contribution in [2.24, 2.45) is 0 Å². The van der Waals surface area contributed by atoms with Crippen LogP contribution < -0.4 is 5.32 Å². The SMILES string of the molecule is CCCOCCC(Cc1c(F)cccc1F)NCC. The number of halogens is 2. The van der Waals surface area contributed by atoms with Gasteiger partial charge in [-0.3, -0.25) is 0 Å². The maximum absolute atomic E-state index is 13.6. The van der Waals surface area contributed by atoms with Gasteiger partial charge in [0.05, 0.1) is 0 Å². The monoisotopic (exact) mass is 271 g/mol. The van der Waals surface area contributed by atoms with E-state index in [2.05, 4.69) is 12.2 Å². The summed E-state index contributed by atoms with van der Waals surface area (Å²) in [6.07, 6.45) is 2.08. The first-order chi connectivity index (χ1) is 9.19. The molecule has 19 heavy (non-hydrogen) atoms. The zero-order valence-electron chi connectivity index (χ0n) is 11.7. The molecule has 0 aliphatic rings.